The van der Waals surface area contributed by atoms with Crippen molar-refractivity contribution in [1.82, 2.24) is 4.90 Å². The lowest BCUT2D eigenvalue weighted by molar-refractivity contribution is -0.120. The maximum atomic E-state index is 13.3. The standard InChI is InChI=1S/C32H33NO2/c1-35-32-14-8-13-26-17-15-24(16-18-30(26)32)21-29(34)23-33-20-19-28(25-9-4-2-5-10-25)22-31(33)27-11-6-3-7-12-27/h2-14,19,22,24H,15-18,20-21,23H2,1H3. The van der Waals surface area contributed by atoms with E-state index in [0.717, 1.165) is 49.2 Å². The van der Waals surface area contributed by atoms with Crippen LogP contribution < -0.4 is 4.74 Å². The molecule has 0 radical (unpaired) electrons. The van der Waals surface area contributed by atoms with Crippen molar-refractivity contribution in [3.8, 4) is 5.75 Å². The summed E-state index contributed by atoms with van der Waals surface area (Å²) >= 11 is 0. The predicted octanol–water partition coefficient (Wildman–Crippen LogP) is 6.59. The van der Waals surface area contributed by atoms with E-state index in [4.69, 9.17) is 4.74 Å². The van der Waals surface area contributed by atoms with E-state index in [0.29, 0.717) is 24.7 Å². The minimum absolute atomic E-state index is 0.325. The molecule has 3 aromatic carbocycles. The van der Waals surface area contributed by atoms with Crippen LogP contribution in [0.2, 0.25) is 0 Å². The lowest BCUT2D eigenvalue weighted by atomic mass is 9.93. The zero-order chi connectivity index (χ0) is 24.0. The van der Waals surface area contributed by atoms with Gasteiger partial charge in [-0.2, -0.15) is 0 Å². The van der Waals surface area contributed by atoms with Crippen molar-refractivity contribution in [2.75, 3.05) is 20.2 Å². The molecule has 0 amide bonds. The van der Waals surface area contributed by atoms with E-state index in [9.17, 15) is 4.79 Å². The summed E-state index contributed by atoms with van der Waals surface area (Å²) in [5.41, 5.74) is 7.40. The third kappa shape index (κ3) is 5.40. The van der Waals surface area contributed by atoms with Gasteiger partial charge >= 0.3 is 0 Å². The number of nitrogens with zero attached hydrogens (tertiary/aromatic N) is 1. The van der Waals surface area contributed by atoms with E-state index in [2.05, 4.69) is 83.8 Å². The van der Waals surface area contributed by atoms with Crippen molar-refractivity contribution in [2.45, 2.75) is 32.1 Å². The summed E-state index contributed by atoms with van der Waals surface area (Å²) in [6.07, 6.45) is 9.22. The fourth-order valence-electron chi connectivity index (χ4n) is 5.44. The average molecular weight is 464 g/mol. The first-order valence-electron chi connectivity index (χ1n) is 12.7. The minimum atomic E-state index is 0.325. The molecule has 3 aromatic rings. The Labute approximate surface area is 208 Å². The van der Waals surface area contributed by atoms with Crippen LogP contribution in [0, 0.1) is 5.92 Å². The number of allylic oxidation sites excluding steroid dienone is 2. The van der Waals surface area contributed by atoms with Gasteiger partial charge in [-0.3, -0.25) is 4.79 Å². The van der Waals surface area contributed by atoms with Gasteiger partial charge in [0.1, 0.15) is 5.75 Å². The van der Waals surface area contributed by atoms with Crippen LogP contribution in [0.25, 0.3) is 11.3 Å². The molecule has 35 heavy (non-hydrogen) atoms. The highest BCUT2D eigenvalue weighted by molar-refractivity contribution is 5.88. The molecule has 0 saturated carbocycles. The van der Waals surface area contributed by atoms with Crippen LogP contribution in [0.15, 0.2) is 91.0 Å². The number of benzene rings is 3. The van der Waals surface area contributed by atoms with Gasteiger partial charge < -0.3 is 9.64 Å². The average Bonchev–Trinajstić information content (AvgIpc) is 3.12. The molecule has 1 aliphatic heterocycles. The number of carbonyl (C=O) groups excluding carboxylic acids is 1. The normalized spacial score (nSPS) is 17.6. The smallest absolute Gasteiger partial charge is 0.152 e. The number of hydrogen-bond acceptors (Lipinski definition) is 3. The van der Waals surface area contributed by atoms with Crippen molar-refractivity contribution in [3.63, 3.8) is 0 Å². The molecule has 0 fully saturated rings. The lowest BCUT2D eigenvalue weighted by Crippen LogP contribution is -2.31. The number of hydrogen-bond donors (Lipinski definition) is 0. The van der Waals surface area contributed by atoms with Crippen LogP contribution in [0.3, 0.4) is 0 Å². The Bertz CT molecular complexity index is 1230. The minimum Gasteiger partial charge on any atom is -0.496 e. The van der Waals surface area contributed by atoms with Crippen LogP contribution >= 0.6 is 0 Å². The molecule has 2 aliphatic rings. The number of Topliss-reactive ketones (excluding diaryl/α,β-unsaturated/α-hetero) is 1. The first-order valence-corrected chi connectivity index (χ1v) is 12.7. The Hall–Kier alpha value is -3.59. The highest BCUT2D eigenvalue weighted by Crippen LogP contribution is 2.33. The summed E-state index contributed by atoms with van der Waals surface area (Å²) < 4.78 is 5.59. The number of ether oxygens (including phenoxy) is 1. The van der Waals surface area contributed by atoms with Crippen LogP contribution in [0.5, 0.6) is 5.75 Å². The highest BCUT2D eigenvalue weighted by Gasteiger charge is 2.24. The van der Waals surface area contributed by atoms with Gasteiger partial charge in [-0.15, -0.1) is 0 Å². The maximum Gasteiger partial charge on any atom is 0.152 e. The molecule has 3 heteroatoms. The molecule has 0 bridgehead atoms. The van der Waals surface area contributed by atoms with Crippen molar-refractivity contribution in [1.29, 1.82) is 0 Å². The maximum absolute atomic E-state index is 13.3. The summed E-state index contributed by atoms with van der Waals surface area (Å²) in [4.78, 5) is 15.5. The lowest BCUT2D eigenvalue weighted by Gasteiger charge is -2.30. The molecular weight excluding hydrogens is 430 g/mol. The second kappa shape index (κ2) is 10.8. The Morgan fingerprint density at radius 2 is 1.60 bits per heavy atom. The van der Waals surface area contributed by atoms with Crippen molar-refractivity contribution < 1.29 is 9.53 Å². The molecule has 0 spiro atoms. The third-order valence-corrected chi connectivity index (χ3v) is 7.30. The van der Waals surface area contributed by atoms with Crippen molar-refractivity contribution in [2.24, 2.45) is 5.92 Å². The largest absolute Gasteiger partial charge is 0.496 e. The van der Waals surface area contributed by atoms with E-state index in [1.807, 2.05) is 12.1 Å². The number of ketones is 1. The molecule has 1 unspecified atom stereocenters. The molecule has 1 aliphatic carbocycles. The van der Waals surface area contributed by atoms with Crippen LogP contribution in [-0.2, 0) is 17.6 Å². The number of rotatable bonds is 7. The van der Waals surface area contributed by atoms with Gasteiger partial charge in [0.15, 0.2) is 5.78 Å². The fourth-order valence-corrected chi connectivity index (χ4v) is 5.44. The third-order valence-electron chi connectivity index (χ3n) is 7.30. The summed E-state index contributed by atoms with van der Waals surface area (Å²) in [6.45, 7) is 1.19. The first-order chi connectivity index (χ1) is 17.2. The quantitative estimate of drug-likeness (QED) is 0.370. The van der Waals surface area contributed by atoms with Gasteiger partial charge in [0.05, 0.1) is 13.7 Å². The van der Waals surface area contributed by atoms with Gasteiger partial charge in [0.25, 0.3) is 0 Å². The van der Waals surface area contributed by atoms with Crippen LogP contribution in [0.1, 0.15) is 41.5 Å². The molecule has 3 nitrogen and oxygen atoms in total. The molecule has 0 saturated heterocycles. The van der Waals surface area contributed by atoms with E-state index >= 15 is 0 Å². The predicted molar refractivity (Wildman–Crippen MR) is 143 cm³/mol. The monoisotopic (exact) mass is 463 g/mol. The topological polar surface area (TPSA) is 29.5 Å². The van der Waals surface area contributed by atoms with Gasteiger partial charge in [-0.25, -0.2) is 0 Å². The number of fused-ring (bicyclic) bond motifs is 1. The number of aryl methyl sites for hydroxylation is 1. The molecule has 178 valence electrons. The molecule has 0 aromatic heterocycles. The number of methoxy groups -OCH3 is 1. The molecule has 5 rings (SSSR count). The van der Waals surface area contributed by atoms with Crippen LogP contribution in [0.4, 0.5) is 0 Å². The molecule has 0 N–H and O–H groups in total. The Kier molecular flexibility index (Phi) is 7.13. The van der Waals surface area contributed by atoms with Crippen LogP contribution in [-0.4, -0.2) is 30.9 Å². The summed E-state index contributed by atoms with van der Waals surface area (Å²) in [7, 11) is 1.75. The zero-order valence-electron chi connectivity index (χ0n) is 20.5. The molecular formula is C32H33NO2. The van der Waals surface area contributed by atoms with Gasteiger partial charge in [-0.05, 0) is 71.6 Å². The Morgan fingerprint density at radius 1 is 0.886 bits per heavy atom. The summed E-state index contributed by atoms with van der Waals surface area (Å²) in [6, 6.07) is 27.2. The summed E-state index contributed by atoms with van der Waals surface area (Å²) in [5.74, 6) is 1.73. The summed E-state index contributed by atoms with van der Waals surface area (Å²) in [5, 5.41) is 0. The Balaban J connectivity index is 1.28. The van der Waals surface area contributed by atoms with Crippen molar-refractivity contribution in [3.05, 3.63) is 113 Å². The fraction of sp³-hybridized carbons (Fsp3) is 0.281. The van der Waals surface area contributed by atoms with E-state index in [1.165, 1.54) is 22.3 Å². The Morgan fingerprint density at radius 3 is 2.34 bits per heavy atom. The second-order valence-corrected chi connectivity index (χ2v) is 9.59. The number of carbonyl (C=O) groups is 1. The van der Waals surface area contributed by atoms with Crippen molar-refractivity contribution >= 4 is 17.1 Å². The molecule has 1 atom stereocenters. The van der Waals surface area contributed by atoms with E-state index in [-0.39, 0.29) is 0 Å². The first kappa shape index (κ1) is 23.2. The van der Waals surface area contributed by atoms with Gasteiger partial charge in [0, 0.05) is 18.7 Å². The van der Waals surface area contributed by atoms with Gasteiger partial charge in [0.2, 0.25) is 0 Å². The molecule has 1 heterocycles. The SMILES string of the molecule is COc1cccc2c1CCC(CC(=O)CN1CC=C(c3ccccc3)C=C1c1ccccc1)CC2. The van der Waals surface area contributed by atoms with Gasteiger partial charge in [-0.1, -0.05) is 78.9 Å². The second-order valence-electron chi connectivity index (χ2n) is 9.59. The van der Waals surface area contributed by atoms with E-state index in [1.54, 1.807) is 7.11 Å². The highest BCUT2D eigenvalue weighted by atomic mass is 16.5. The zero-order valence-corrected chi connectivity index (χ0v) is 20.5. The van der Waals surface area contributed by atoms with E-state index < -0.39 is 0 Å².